The second-order valence-electron chi connectivity index (χ2n) is 3.63. The summed E-state index contributed by atoms with van der Waals surface area (Å²) in [6, 6.07) is 10.0. The van der Waals surface area contributed by atoms with Crippen molar-refractivity contribution in [2.75, 3.05) is 0 Å². The number of hydrogen-bond donors (Lipinski definition) is 0. The minimum absolute atomic E-state index is 0.160. The number of halogens is 1. The highest BCUT2D eigenvalue weighted by Gasteiger charge is 2.04. The minimum Gasteiger partial charge on any atom is -0.545 e. The SMILES string of the molecule is Cc1nc(Cl)ccc1-c1ccc(C(=O)[O-])cc1. The molecule has 0 atom stereocenters. The van der Waals surface area contributed by atoms with Crippen molar-refractivity contribution in [1.82, 2.24) is 4.98 Å². The summed E-state index contributed by atoms with van der Waals surface area (Å²) in [5, 5.41) is 11.1. The number of aromatic carboxylic acids is 1. The Balaban J connectivity index is 2.43. The van der Waals surface area contributed by atoms with Gasteiger partial charge in [0, 0.05) is 11.3 Å². The largest absolute Gasteiger partial charge is 0.545 e. The van der Waals surface area contributed by atoms with E-state index in [2.05, 4.69) is 4.98 Å². The Morgan fingerprint density at radius 3 is 2.35 bits per heavy atom. The van der Waals surface area contributed by atoms with E-state index in [4.69, 9.17) is 11.6 Å². The van der Waals surface area contributed by atoms with Gasteiger partial charge in [-0.25, -0.2) is 4.98 Å². The summed E-state index contributed by atoms with van der Waals surface area (Å²) in [6.07, 6.45) is 0. The number of carbonyl (C=O) groups is 1. The van der Waals surface area contributed by atoms with E-state index in [1.807, 2.05) is 13.0 Å². The number of carboxylic acid groups (broad SMARTS) is 1. The molecule has 0 saturated carbocycles. The molecule has 0 radical (unpaired) electrons. The molecule has 3 nitrogen and oxygen atoms in total. The molecule has 0 aliphatic heterocycles. The van der Waals surface area contributed by atoms with Crippen molar-refractivity contribution in [2.45, 2.75) is 6.92 Å². The van der Waals surface area contributed by atoms with Gasteiger partial charge in [-0.2, -0.15) is 0 Å². The minimum atomic E-state index is -1.18. The molecule has 0 aliphatic rings. The van der Waals surface area contributed by atoms with Crippen molar-refractivity contribution in [3.63, 3.8) is 0 Å². The Morgan fingerprint density at radius 2 is 1.82 bits per heavy atom. The lowest BCUT2D eigenvalue weighted by Gasteiger charge is -2.07. The van der Waals surface area contributed by atoms with Crippen LogP contribution in [0.25, 0.3) is 11.1 Å². The van der Waals surface area contributed by atoms with E-state index >= 15 is 0 Å². The first-order chi connectivity index (χ1) is 8.08. The maximum absolute atomic E-state index is 10.6. The van der Waals surface area contributed by atoms with Crippen molar-refractivity contribution < 1.29 is 9.90 Å². The number of carbonyl (C=O) groups excluding carboxylic acids is 1. The van der Waals surface area contributed by atoms with Crippen LogP contribution in [-0.2, 0) is 0 Å². The predicted molar refractivity (Wildman–Crippen MR) is 63.8 cm³/mol. The lowest BCUT2D eigenvalue weighted by Crippen LogP contribution is -2.21. The van der Waals surface area contributed by atoms with Gasteiger partial charge in [0.2, 0.25) is 0 Å². The molecule has 0 unspecified atom stereocenters. The molecule has 1 aromatic heterocycles. The summed E-state index contributed by atoms with van der Waals surface area (Å²) in [4.78, 5) is 14.8. The molecule has 0 saturated heterocycles. The zero-order chi connectivity index (χ0) is 12.4. The molecule has 2 rings (SSSR count). The van der Waals surface area contributed by atoms with Crippen LogP contribution in [0.15, 0.2) is 36.4 Å². The van der Waals surface area contributed by atoms with Gasteiger partial charge >= 0.3 is 0 Å². The first-order valence-electron chi connectivity index (χ1n) is 5.03. The van der Waals surface area contributed by atoms with Gasteiger partial charge in [-0.3, -0.25) is 0 Å². The molecule has 0 spiro atoms. The van der Waals surface area contributed by atoms with Crippen LogP contribution in [0.3, 0.4) is 0 Å². The quantitative estimate of drug-likeness (QED) is 0.763. The van der Waals surface area contributed by atoms with Crippen LogP contribution in [0.4, 0.5) is 0 Å². The highest BCUT2D eigenvalue weighted by atomic mass is 35.5. The van der Waals surface area contributed by atoms with Crippen molar-refractivity contribution in [3.05, 3.63) is 52.8 Å². The standard InChI is InChI=1S/C13H10ClNO2/c1-8-11(6-7-12(14)15-8)9-2-4-10(5-3-9)13(16)17/h2-7H,1H3,(H,16,17)/p-1. The van der Waals surface area contributed by atoms with Gasteiger partial charge in [0.25, 0.3) is 0 Å². The van der Waals surface area contributed by atoms with Gasteiger partial charge < -0.3 is 9.90 Å². The lowest BCUT2D eigenvalue weighted by atomic mass is 10.0. The second-order valence-corrected chi connectivity index (χ2v) is 4.02. The summed E-state index contributed by atoms with van der Waals surface area (Å²) in [7, 11) is 0. The van der Waals surface area contributed by atoms with E-state index in [-0.39, 0.29) is 5.56 Å². The first kappa shape index (κ1) is 11.6. The van der Waals surface area contributed by atoms with E-state index < -0.39 is 5.97 Å². The van der Waals surface area contributed by atoms with Crippen LogP contribution in [-0.4, -0.2) is 11.0 Å². The maximum atomic E-state index is 10.6. The van der Waals surface area contributed by atoms with Crippen LogP contribution < -0.4 is 5.11 Å². The zero-order valence-corrected chi connectivity index (χ0v) is 9.86. The average Bonchev–Trinajstić information content (AvgIpc) is 2.29. The number of benzene rings is 1. The van der Waals surface area contributed by atoms with Crippen molar-refractivity contribution in [1.29, 1.82) is 0 Å². The van der Waals surface area contributed by atoms with Crippen LogP contribution >= 0.6 is 11.6 Å². The Labute approximate surface area is 104 Å². The van der Waals surface area contributed by atoms with Gasteiger partial charge in [0.05, 0.1) is 5.97 Å². The number of pyridine rings is 1. The molecular weight excluding hydrogens is 238 g/mol. The van der Waals surface area contributed by atoms with Gasteiger partial charge in [-0.15, -0.1) is 0 Å². The summed E-state index contributed by atoms with van der Waals surface area (Å²) in [5.41, 5.74) is 2.79. The Morgan fingerprint density at radius 1 is 1.18 bits per heavy atom. The van der Waals surface area contributed by atoms with E-state index in [9.17, 15) is 9.90 Å². The molecule has 0 fully saturated rings. The summed E-state index contributed by atoms with van der Waals surface area (Å²) in [6.45, 7) is 1.86. The molecule has 2 aromatic rings. The molecule has 0 aliphatic carbocycles. The number of rotatable bonds is 2. The molecule has 17 heavy (non-hydrogen) atoms. The topological polar surface area (TPSA) is 53.0 Å². The molecule has 0 bridgehead atoms. The molecule has 0 N–H and O–H groups in total. The third kappa shape index (κ3) is 2.45. The maximum Gasteiger partial charge on any atom is 0.129 e. The third-order valence-corrected chi connectivity index (χ3v) is 2.69. The molecule has 1 aromatic carbocycles. The normalized spacial score (nSPS) is 10.2. The Kier molecular flexibility index (Phi) is 3.11. The predicted octanol–water partition coefficient (Wildman–Crippen LogP) is 2.07. The van der Waals surface area contributed by atoms with Crippen molar-refractivity contribution >= 4 is 17.6 Å². The number of nitrogens with zero attached hydrogens (tertiary/aromatic N) is 1. The second kappa shape index (κ2) is 4.55. The van der Waals surface area contributed by atoms with Gasteiger partial charge in [0.15, 0.2) is 0 Å². The van der Waals surface area contributed by atoms with E-state index in [0.29, 0.717) is 5.15 Å². The van der Waals surface area contributed by atoms with Crippen LogP contribution in [0, 0.1) is 6.92 Å². The van der Waals surface area contributed by atoms with Crippen molar-refractivity contribution in [2.24, 2.45) is 0 Å². The smallest absolute Gasteiger partial charge is 0.129 e. The Hall–Kier alpha value is -1.87. The van der Waals surface area contributed by atoms with E-state index in [0.717, 1.165) is 16.8 Å². The van der Waals surface area contributed by atoms with Crippen LogP contribution in [0.5, 0.6) is 0 Å². The monoisotopic (exact) mass is 246 g/mol. The fourth-order valence-corrected chi connectivity index (χ4v) is 1.81. The van der Waals surface area contributed by atoms with E-state index in [1.54, 1.807) is 18.2 Å². The average molecular weight is 247 g/mol. The summed E-state index contributed by atoms with van der Waals surface area (Å²) in [5.74, 6) is -1.18. The highest BCUT2D eigenvalue weighted by Crippen LogP contribution is 2.23. The van der Waals surface area contributed by atoms with Crippen molar-refractivity contribution in [3.8, 4) is 11.1 Å². The van der Waals surface area contributed by atoms with Crippen LogP contribution in [0.2, 0.25) is 5.15 Å². The highest BCUT2D eigenvalue weighted by molar-refractivity contribution is 6.29. The summed E-state index contributed by atoms with van der Waals surface area (Å²) < 4.78 is 0. The van der Waals surface area contributed by atoms with Gasteiger partial charge in [-0.1, -0.05) is 35.9 Å². The molecular formula is C13H9ClNO2-. The fraction of sp³-hybridized carbons (Fsp3) is 0.0769. The number of aromatic nitrogens is 1. The summed E-state index contributed by atoms with van der Waals surface area (Å²) >= 11 is 5.77. The molecule has 4 heteroatoms. The fourth-order valence-electron chi connectivity index (χ4n) is 1.62. The van der Waals surface area contributed by atoms with E-state index in [1.165, 1.54) is 12.1 Å². The number of aryl methyl sites for hydroxylation is 1. The zero-order valence-electron chi connectivity index (χ0n) is 9.11. The molecule has 86 valence electrons. The number of carboxylic acids is 1. The number of hydrogen-bond acceptors (Lipinski definition) is 3. The lowest BCUT2D eigenvalue weighted by molar-refractivity contribution is -0.255. The third-order valence-electron chi connectivity index (χ3n) is 2.48. The van der Waals surface area contributed by atoms with Gasteiger partial charge in [0.1, 0.15) is 5.15 Å². The first-order valence-corrected chi connectivity index (χ1v) is 5.40. The van der Waals surface area contributed by atoms with Gasteiger partial charge in [-0.05, 0) is 30.2 Å². The molecule has 1 heterocycles. The van der Waals surface area contributed by atoms with Crippen LogP contribution in [0.1, 0.15) is 16.1 Å². The molecule has 0 amide bonds. The Bertz CT molecular complexity index is 564.